The van der Waals surface area contributed by atoms with Crippen LogP contribution in [0.3, 0.4) is 0 Å². The number of carbonyl (C=O) groups is 2. The number of ether oxygens (including phenoxy) is 1. The molecular weight excluding hydrogens is 406 g/mol. The van der Waals surface area contributed by atoms with Crippen LogP contribution in [0, 0.1) is 30.6 Å². The zero-order valence-corrected chi connectivity index (χ0v) is 19.2. The fourth-order valence-corrected chi connectivity index (χ4v) is 5.06. The third-order valence-electron chi connectivity index (χ3n) is 6.88. The lowest BCUT2D eigenvalue weighted by molar-refractivity contribution is -0.136. The van der Waals surface area contributed by atoms with Crippen LogP contribution in [0.2, 0.25) is 0 Å². The number of para-hydroxylation sites is 1. The van der Waals surface area contributed by atoms with Gasteiger partial charge in [-0.05, 0) is 43.7 Å². The fraction of sp³-hybridized carbons (Fsp3) is 0.560. The Morgan fingerprint density at radius 3 is 2.47 bits per heavy atom. The van der Waals surface area contributed by atoms with Crippen LogP contribution in [0.4, 0.5) is 0 Å². The maximum absolute atomic E-state index is 13.1. The second-order valence-corrected chi connectivity index (χ2v) is 9.34. The Morgan fingerprint density at radius 2 is 1.84 bits per heavy atom. The van der Waals surface area contributed by atoms with Crippen LogP contribution in [0.25, 0.3) is 0 Å². The summed E-state index contributed by atoms with van der Waals surface area (Å²) in [6.45, 7) is 9.18. The predicted octanol–water partition coefficient (Wildman–Crippen LogP) is 3.64. The number of nitrogens with zero attached hydrogens (tertiary/aromatic N) is 3. The molecular formula is C25H33N3O4. The Morgan fingerprint density at radius 1 is 1.12 bits per heavy atom. The lowest BCUT2D eigenvalue weighted by Gasteiger charge is -2.37. The van der Waals surface area contributed by atoms with Crippen molar-refractivity contribution < 1.29 is 18.7 Å². The van der Waals surface area contributed by atoms with Gasteiger partial charge in [0.2, 0.25) is 11.7 Å². The van der Waals surface area contributed by atoms with Gasteiger partial charge in [0.15, 0.2) is 6.39 Å². The van der Waals surface area contributed by atoms with Gasteiger partial charge in [-0.1, -0.05) is 32.0 Å². The Bertz CT molecular complexity index is 918. The molecule has 0 N–H and O–H groups in total. The average Bonchev–Trinajstić information content (AvgIpc) is 3.44. The first-order valence-electron chi connectivity index (χ1n) is 11.6. The highest BCUT2D eigenvalue weighted by molar-refractivity contribution is 5.92. The number of hydrogen-bond acceptors (Lipinski definition) is 5. The third-order valence-corrected chi connectivity index (χ3v) is 6.88. The van der Waals surface area contributed by atoms with E-state index in [0.29, 0.717) is 43.0 Å². The van der Waals surface area contributed by atoms with Gasteiger partial charge in [0, 0.05) is 38.0 Å². The largest absolute Gasteiger partial charge is 0.493 e. The molecule has 2 amide bonds. The zero-order chi connectivity index (χ0) is 22.7. The molecule has 1 aromatic carbocycles. The second kappa shape index (κ2) is 9.76. The summed E-state index contributed by atoms with van der Waals surface area (Å²) in [6.07, 6.45) is 3.26. The Balaban J connectivity index is 1.45. The van der Waals surface area contributed by atoms with Crippen molar-refractivity contribution in [3.8, 4) is 5.75 Å². The summed E-state index contributed by atoms with van der Waals surface area (Å²) in [5.74, 6) is 2.37. The van der Waals surface area contributed by atoms with Crippen molar-refractivity contribution in [1.29, 1.82) is 0 Å². The minimum Gasteiger partial charge on any atom is -0.493 e. The first-order valence-corrected chi connectivity index (χ1v) is 11.6. The number of aromatic nitrogens is 1. The predicted molar refractivity (Wildman–Crippen MR) is 120 cm³/mol. The molecule has 0 radical (unpaired) electrons. The van der Waals surface area contributed by atoms with Crippen LogP contribution in [0.5, 0.6) is 5.75 Å². The Labute approximate surface area is 189 Å². The first kappa shape index (κ1) is 22.4. The maximum atomic E-state index is 13.1. The van der Waals surface area contributed by atoms with Crippen molar-refractivity contribution in [2.24, 2.45) is 23.7 Å². The van der Waals surface area contributed by atoms with Gasteiger partial charge in [0.25, 0.3) is 5.91 Å². The van der Waals surface area contributed by atoms with Gasteiger partial charge in [-0.15, -0.1) is 0 Å². The number of oxazole rings is 1. The minimum absolute atomic E-state index is 0.0308. The van der Waals surface area contributed by atoms with E-state index in [2.05, 4.69) is 4.98 Å². The van der Waals surface area contributed by atoms with Crippen molar-refractivity contribution in [2.45, 2.75) is 33.6 Å². The minimum atomic E-state index is -0.0976. The molecule has 2 atom stereocenters. The van der Waals surface area contributed by atoms with Gasteiger partial charge in [0.05, 0.1) is 12.3 Å². The van der Waals surface area contributed by atoms with Gasteiger partial charge < -0.3 is 19.0 Å². The monoisotopic (exact) mass is 439 g/mol. The van der Waals surface area contributed by atoms with Crippen LogP contribution < -0.4 is 4.74 Å². The van der Waals surface area contributed by atoms with Crippen LogP contribution in [0.1, 0.15) is 42.9 Å². The molecule has 7 nitrogen and oxygen atoms in total. The van der Waals surface area contributed by atoms with Crippen LogP contribution in [0.15, 0.2) is 41.1 Å². The van der Waals surface area contributed by atoms with Crippen molar-refractivity contribution in [3.63, 3.8) is 0 Å². The molecule has 1 aromatic heterocycles. The fourth-order valence-electron chi connectivity index (χ4n) is 5.06. The molecule has 2 unspecified atom stereocenters. The molecule has 4 rings (SSSR count). The topological polar surface area (TPSA) is 75.9 Å². The summed E-state index contributed by atoms with van der Waals surface area (Å²) in [4.78, 5) is 33.4. The third kappa shape index (κ3) is 4.81. The molecule has 2 saturated heterocycles. The molecule has 2 aliphatic rings. The number of likely N-dealkylation sites (tertiary alicyclic amines) is 2. The standard InChI is InChI=1S/C25H33N3O4/c1-17(2)24(29)27-11-9-19(10-12-27)22-14-28(25(30)23-18(3)26-16-32-23)13-20(22)15-31-21-7-5-4-6-8-21/h4-8,16-17,19-20,22H,9-15H2,1-3H3. The summed E-state index contributed by atoms with van der Waals surface area (Å²) in [5.41, 5.74) is 0.621. The molecule has 2 aromatic rings. The summed E-state index contributed by atoms with van der Waals surface area (Å²) in [7, 11) is 0. The summed E-state index contributed by atoms with van der Waals surface area (Å²) in [5, 5.41) is 0. The first-order chi connectivity index (χ1) is 15.4. The number of amides is 2. The smallest absolute Gasteiger partial charge is 0.291 e. The van der Waals surface area contributed by atoms with Crippen molar-refractivity contribution in [1.82, 2.24) is 14.8 Å². The van der Waals surface area contributed by atoms with Gasteiger partial charge in [-0.25, -0.2) is 4.98 Å². The molecule has 0 aliphatic carbocycles. The van der Waals surface area contributed by atoms with E-state index >= 15 is 0 Å². The number of rotatable bonds is 6. The van der Waals surface area contributed by atoms with Crippen LogP contribution in [-0.4, -0.2) is 59.4 Å². The van der Waals surface area contributed by atoms with E-state index in [1.807, 2.05) is 54.0 Å². The van der Waals surface area contributed by atoms with Crippen LogP contribution >= 0.6 is 0 Å². The maximum Gasteiger partial charge on any atom is 0.291 e. The Hall–Kier alpha value is -2.83. The van der Waals surface area contributed by atoms with E-state index in [1.165, 1.54) is 6.39 Å². The number of aryl methyl sites for hydroxylation is 1. The number of piperidine rings is 1. The second-order valence-electron chi connectivity index (χ2n) is 9.34. The highest BCUT2D eigenvalue weighted by Gasteiger charge is 2.42. The molecule has 0 saturated carbocycles. The van der Waals surface area contributed by atoms with E-state index in [-0.39, 0.29) is 23.7 Å². The van der Waals surface area contributed by atoms with Crippen molar-refractivity contribution >= 4 is 11.8 Å². The average molecular weight is 440 g/mol. The van der Waals surface area contributed by atoms with Crippen molar-refractivity contribution in [3.05, 3.63) is 48.2 Å². The van der Waals surface area contributed by atoms with E-state index in [9.17, 15) is 9.59 Å². The van der Waals surface area contributed by atoms with Crippen LogP contribution in [-0.2, 0) is 4.79 Å². The normalized spacial score (nSPS) is 21.9. The molecule has 172 valence electrons. The highest BCUT2D eigenvalue weighted by atomic mass is 16.5. The zero-order valence-electron chi connectivity index (χ0n) is 19.2. The lowest BCUT2D eigenvalue weighted by atomic mass is 9.78. The van der Waals surface area contributed by atoms with Gasteiger partial charge in [-0.2, -0.15) is 0 Å². The summed E-state index contributed by atoms with van der Waals surface area (Å²) in [6, 6.07) is 9.82. The SMILES string of the molecule is Cc1ncoc1C(=O)N1CC(COc2ccccc2)C(C2CCN(C(=O)C(C)C)CC2)C1. The molecule has 0 bridgehead atoms. The molecule has 2 aliphatic heterocycles. The summed E-state index contributed by atoms with van der Waals surface area (Å²) >= 11 is 0. The van der Waals surface area contributed by atoms with Gasteiger partial charge in [-0.3, -0.25) is 9.59 Å². The molecule has 2 fully saturated rings. The van der Waals surface area contributed by atoms with Gasteiger partial charge >= 0.3 is 0 Å². The number of hydrogen-bond donors (Lipinski definition) is 0. The van der Waals surface area contributed by atoms with E-state index < -0.39 is 0 Å². The summed E-state index contributed by atoms with van der Waals surface area (Å²) < 4.78 is 11.5. The molecule has 32 heavy (non-hydrogen) atoms. The van der Waals surface area contributed by atoms with E-state index in [0.717, 1.165) is 31.7 Å². The number of benzene rings is 1. The molecule has 3 heterocycles. The number of carbonyl (C=O) groups excluding carboxylic acids is 2. The quantitative estimate of drug-likeness (QED) is 0.687. The van der Waals surface area contributed by atoms with E-state index in [1.54, 1.807) is 6.92 Å². The lowest BCUT2D eigenvalue weighted by Crippen LogP contribution is -2.43. The highest BCUT2D eigenvalue weighted by Crippen LogP contribution is 2.37. The Kier molecular flexibility index (Phi) is 6.82. The molecule has 7 heteroatoms. The van der Waals surface area contributed by atoms with E-state index in [4.69, 9.17) is 9.15 Å². The molecule has 0 spiro atoms. The van der Waals surface area contributed by atoms with Crippen molar-refractivity contribution in [2.75, 3.05) is 32.8 Å². The van der Waals surface area contributed by atoms with Gasteiger partial charge in [0.1, 0.15) is 5.75 Å².